The quantitative estimate of drug-likeness (QED) is 0.362. The van der Waals surface area contributed by atoms with Gasteiger partial charge in [0.05, 0.1) is 13.5 Å². The van der Waals surface area contributed by atoms with Gasteiger partial charge >= 0.3 is 5.97 Å². The summed E-state index contributed by atoms with van der Waals surface area (Å²) in [5, 5.41) is 0.342. The van der Waals surface area contributed by atoms with Crippen LogP contribution >= 0.6 is 0 Å². The van der Waals surface area contributed by atoms with E-state index in [-0.39, 0.29) is 23.7 Å². The fourth-order valence-electron chi connectivity index (χ4n) is 4.02. The zero-order valence-electron chi connectivity index (χ0n) is 16.3. The Kier molecular flexibility index (Phi) is 4.36. The topological polar surface area (TPSA) is 65.7 Å². The first-order valence-corrected chi connectivity index (χ1v) is 9.65. The molecular formula is C25H18O5. The molecule has 0 saturated carbocycles. The van der Waals surface area contributed by atoms with Crippen LogP contribution in [-0.2, 0) is 4.79 Å². The van der Waals surface area contributed by atoms with E-state index in [1.807, 2.05) is 60.7 Å². The molecule has 0 N–H and O–H groups in total. The Morgan fingerprint density at radius 3 is 2.33 bits per heavy atom. The molecule has 5 rings (SSSR count). The number of hydrogen-bond acceptors (Lipinski definition) is 5. The minimum absolute atomic E-state index is 0.164. The minimum atomic E-state index is -0.334. The predicted octanol–water partition coefficient (Wildman–Crippen LogP) is 4.91. The molecule has 1 aliphatic rings. The molecule has 5 nitrogen and oxygen atoms in total. The van der Waals surface area contributed by atoms with Crippen molar-refractivity contribution in [3.8, 4) is 22.8 Å². The van der Waals surface area contributed by atoms with Crippen molar-refractivity contribution in [3.05, 3.63) is 94.1 Å². The van der Waals surface area contributed by atoms with E-state index in [9.17, 15) is 9.59 Å². The highest BCUT2D eigenvalue weighted by Crippen LogP contribution is 2.46. The predicted molar refractivity (Wildman–Crippen MR) is 113 cm³/mol. The summed E-state index contributed by atoms with van der Waals surface area (Å²) in [6.45, 7) is 0. The summed E-state index contributed by atoms with van der Waals surface area (Å²) in [5.74, 6) is 0.507. The maximum absolute atomic E-state index is 13.1. The molecule has 1 aliphatic heterocycles. The highest BCUT2D eigenvalue weighted by atomic mass is 16.5. The van der Waals surface area contributed by atoms with Gasteiger partial charge in [-0.1, -0.05) is 60.7 Å². The van der Waals surface area contributed by atoms with Gasteiger partial charge in [0.25, 0.3) is 0 Å². The normalized spacial score (nSPS) is 15.5. The van der Waals surface area contributed by atoms with Gasteiger partial charge in [-0.15, -0.1) is 0 Å². The molecule has 0 bridgehead atoms. The summed E-state index contributed by atoms with van der Waals surface area (Å²) in [4.78, 5) is 25.4. The van der Waals surface area contributed by atoms with Crippen molar-refractivity contribution >= 4 is 16.9 Å². The number of ether oxygens (including phenoxy) is 2. The van der Waals surface area contributed by atoms with Crippen LogP contribution in [0.25, 0.3) is 22.3 Å². The van der Waals surface area contributed by atoms with E-state index in [1.165, 1.54) is 13.2 Å². The summed E-state index contributed by atoms with van der Waals surface area (Å²) in [5.41, 5.74) is 2.61. The van der Waals surface area contributed by atoms with Crippen LogP contribution in [-0.4, -0.2) is 13.1 Å². The molecular weight excluding hydrogens is 380 g/mol. The monoisotopic (exact) mass is 398 g/mol. The lowest BCUT2D eigenvalue weighted by Crippen LogP contribution is -2.22. The molecule has 148 valence electrons. The third-order valence-corrected chi connectivity index (χ3v) is 5.39. The Bertz CT molecular complexity index is 1310. The minimum Gasteiger partial charge on any atom is -0.496 e. The van der Waals surface area contributed by atoms with Crippen LogP contribution in [0.2, 0.25) is 0 Å². The lowest BCUT2D eigenvalue weighted by molar-refractivity contribution is -0.135. The fraction of sp³-hybridized carbons (Fsp3) is 0.120. The van der Waals surface area contributed by atoms with Crippen LogP contribution in [0, 0.1) is 0 Å². The molecule has 0 amide bonds. The Hall–Kier alpha value is -3.86. The number of esters is 1. The van der Waals surface area contributed by atoms with Crippen molar-refractivity contribution < 1.29 is 18.7 Å². The second-order valence-electron chi connectivity index (χ2n) is 7.18. The summed E-state index contributed by atoms with van der Waals surface area (Å²) >= 11 is 0. The van der Waals surface area contributed by atoms with Gasteiger partial charge in [0.2, 0.25) is 0 Å². The number of benzene rings is 3. The van der Waals surface area contributed by atoms with Crippen LogP contribution < -0.4 is 14.9 Å². The number of carbonyl (C=O) groups excluding carboxylic acids is 1. The van der Waals surface area contributed by atoms with Crippen LogP contribution in [0.3, 0.4) is 0 Å². The average molecular weight is 398 g/mol. The first-order valence-electron chi connectivity index (χ1n) is 9.65. The molecule has 30 heavy (non-hydrogen) atoms. The molecule has 0 aliphatic carbocycles. The second-order valence-corrected chi connectivity index (χ2v) is 7.18. The maximum Gasteiger partial charge on any atom is 0.312 e. The maximum atomic E-state index is 13.1. The van der Waals surface area contributed by atoms with Gasteiger partial charge in [0.1, 0.15) is 28.2 Å². The second kappa shape index (κ2) is 7.19. The smallest absolute Gasteiger partial charge is 0.312 e. The molecule has 0 fully saturated rings. The molecule has 5 heteroatoms. The number of fused-ring (bicyclic) bond motifs is 3. The Labute approximate surface area is 172 Å². The first-order chi connectivity index (χ1) is 14.7. The molecule has 2 heterocycles. The zero-order chi connectivity index (χ0) is 20.7. The van der Waals surface area contributed by atoms with Crippen LogP contribution in [0.1, 0.15) is 23.5 Å². The summed E-state index contributed by atoms with van der Waals surface area (Å²) in [6.07, 6.45) is 0.164. The van der Waals surface area contributed by atoms with E-state index in [0.29, 0.717) is 33.8 Å². The molecule has 1 unspecified atom stereocenters. The van der Waals surface area contributed by atoms with E-state index in [4.69, 9.17) is 13.9 Å². The number of methoxy groups -OCH3 is 1. The van der Waals surface area contributed by atoms with E-state index >= 15 is 0 Å². The molecule has 1 aromatic heterocycles. The molecule has 0 radical (unpaired) electrons. The average Bonchev–Trinajstić information content (AvgIpc) is 2.78. The van der Waals surface area contributed by atoms with Crippen molar-refractivity contribution in [2.75, 3.05) is 7.11 Å². The third-order valence-electron chi connectivity index (χ3n) is 5.39. The van der Waals surface area contributed by atoms with Gasteiger partial charge in [0, 0.05) is 29.2 Å². The van der Waals surface area contributed by atoms with Gasteiger partial charge in [-0.3, -0.25) is 9.59 Å². The summed E-state index contributed by atoms with van der Waals surface area (Å²) < 4.78 is 17.3. The Balaban J connectivity index is 1.86. The molecule has 1 atom stereocenters. The standard InChI is InChI=1S/C25H18O5/c1-28-20-14-21-23(17(12-22(27)29-21)15-8-4-2-5-9-15)25-24(20)18(26)13-19(30-25)16-10-6-3-7-11-16/h2-11,13-14,17H,12H2,1H3. The highest BCUT2D eigenvalue weighted by Gasteiger charge is 2.33. The lowest BCUT2D eigenvalue weighted by atomic mass is 9.85. The van der Waals surface area contributed by atoms with E-state index in [2.05, 4.69) is 0 Å². The van der Waals surface area contributed by atoms with E-state index < -0.39 is 0 Å². The van der Waals surface area contributed by atoms with Gasteiger partial charge in [-0.05, 0) is 5.56 Å². The molecule has 4 aromatic rings. The van der Waals surface area contributed by atoms with Crippen LogP contribution in [0.15, 0.2) is 82.0 Å². The van der Waals surface area contributed by atoms with Gasteiger partial charge in [0.15, 0.2) is 5.43 Å². The van der Waals surface area contributed by atoms with Crippen molar-refractivity contribution in [2.45, 2.75) is 12.3 Å². The molecule has 0 spiro atoms. The van der Waals surface area contributed by atoms with Crippen molar-refractivity contribution in [1.82, 2.24) is 0 Å². The largest absolute Gasteiger partial charge is 0.496 e. The van der Waals surface area contributed by atoms with E-state index in [1.54, 1.807) is 6.07 Å². The van der Waals surface area contributed by atoms with Crippen molar-refractivity contribution in [2.24, 2.45) is 0 Å². The van der Waals surface area contributed by atoms with Crippen LogP contribution in [0.4, 0.5) is 0 Å². The van der Waals surface area contributed by atoms with Crippen LogP contribution in [0.5, 0.6) is 11.5 Å². The van der Waals surface area contributed by atoms with Crippen molar-refractivity contribution in [1.29, 1.82) is 0 Å². The van der Waals surface area contributed by atoms with E-state index in [0.717, 1.165) is 11.1 Å². The number of carbonyl (C=O) groups is 1. The SMILES string of the molecule is COc1cc2c(c3oc(-c4ccccc4)cc(=O)c13)C(c1ccccc1)CC(=O)O2. The Morgan fingerprint density at radius 1 is 0.933 bits per heavy atom. The lowest BCUT2D eigenvalue weighted by Gasteiger charge is -2.26. The first kappa shape index (κ1) is 18.2. The Morgan fingerprint density at radius 2 is 1.63 bits per heavy atom. The van der Waals surface area contributed by atoms with Crippen molar-refractivity contribution in [3.63, 3.8) is 0 Å². The summed E-state index contributed by atoms with van der Waals surface area (Å²) in [6, 6.07) is 22.2. The molecule has 3 aromatic carbocycles. The van der Waals surface area contributed by atoms with Gasteiger partial charge in [-0.2, -0.15) is 0 Å². The third kappa shape index (κ3) is 2.95. The van der Waals surface area contributed by atoms with Gasteiger partial charge in [-0.25, -0.2) is 0 Å². The fourth-order valence-corrected chi connectivity index (χ4v) is 4.02. The highest BCUT2D eigenvalue weighted by molar-refractivity contribution is 5.93. The summed E-state index contributed by atoms with van der Waals surface area (Å²) in [7, 11) is 1.48. The zero-order valence-corrected chi connectivity index (χ0v) is 16.3. The number of hydrogen-bond donors (Lipinski definition) is 0. The van der Waals surface area contributed by atoms with Gasteiger partial charge < -0.3 is 13.9 Å². The number of rotatable bonds is 3. The molecule has 0 saturated heterocycles.